The van der Waals surface area contributed by atoms with Crippen molar-refractivity contribution < 1.29 is 0 Å². The summed E-state index contributed by atoms with van der Waals surface area (Å²) in [6, 6.07) is 31.4. The van der Waals surface area contributed by atoms with Crippen LogP contribution in [0.1, 0.15) is 6.92 Å². The summed E-state index contributed by atoms with van der Waals surface area (Å²) in [6.45, 7) is 5.48. The van der Waals surface area contributed by atoms with Crippen LogP contribution in [0, 0.1) is 0 Å². The van der Waals surface area contributed by atoms with E-state index < -0.39 is 0 Å². The van der Waals surface area contributed by atoms with Gasteiger partial charge in [-0.2, -0.15) is 0 Å². The fourth-order valence-electron chi connectivity index (χ4n) is 3.52. The number of nitrogens with one attached hydrogen (secondary N) is 1. The SMILES string of the molecule is CC1CNCCN1c1ccc([S+](c2ccccc2)c2ccccc2)cc1. The Morgan fingerprint density at radius 3 is 1.85 bits per heavy atom. The molecule has 1 aliphatic rings. The second-order valence-corrected chi connectivity index (χ2v) is 8.70. The van der Waals surface area contributed by atoms with Gasteiger partial charge in [0.2, 0.25) is 0 Å². The van der Waals surface area contributed by atoms with Crippen molar-refractivity contribution >= 4 is 16.6 Å². The van der Waals surface area contributed by atoms with Gasteiger partial charge in [0.25, 0.3) is 0 Å². The first-order valence-electron chi connectivity index (χ1n) is 9.25. The summed E-state index contributed by atoms with van der Waals surface area (Å²) >= 11 is 0. The van der Waals surface area contributed by atoms with Crippen LogP contribution in [-0.2, 0) is 10.9 Å². The van der Waals surface area contributed by atoms with Gasteiger partial charge in [0, 0.05) is 31.4 Å². The smallest absolute Gasteiger partial charge is 0.166 e. The zero-order valence-corrected chi connectivity index (χ0v) is 16.0. The fraction of sp³-hybridized carbons (Fsp3) is 0.217. The first kappa shape index (κ1) is 17.2. The number of piperazine rings is 1. The van der Waals surface area contributed by atoms with Gasteiger partial charge in [-0.15, -0.1) is 0 Å². The zero-order valence-electron chi connectivity index (χ0n) is 15.1. The molecular weight excluding hydrogens is 336 g/mol. The third kappa shape index (κ3) is 3.64. The molecule has 1 fully saturated rings. The molecule has 0 amide bonds. The van der Waals surface area contributed by atoms with E-state index in [2.05, 4.69) is 102 Å². The Kier molecular flexibility index (Phi) is 5.28. The van der Waals surface area contributed by atoms with Crippen LogP contribution in [0.3, 0.4) is 0 Å². The van der Waals surface area contributed by atoms with Crippen molar-refractivity contribution in [2.24, 2.45) is 0 Å². The van der Waals surface area contributed by atoms with E-state index in [9.17, 15) is 0 Å². The van der Waals surface area contributed by atoms with E-state index in [1.165, 1.54) is 20.4 Å². The van der Waals surface area contributed by atoms with Crippen molar-refractivity contribution in [1.29, 1.82) is 0 Å². The number of anilines is 1. The Hall–Kier alpha value is -2.23. The lowest BCUT2D eigenvalue weighted by Gasteiger charge is -2.35. The van der Waals surface area contributed by atoms with E-state index in [0.717, 1.165) is 19.6 Å². The van der Waals surface area contributed by atoms with Gasteiger partial charge in [-0.3, -0.25) is 0 Å². The zero-order chi connectivity index (χ0) is 17.8. The van der Waals surface area contributed by atoms with E-state index in [1.54, 1.807) is 0 Å². The molecule has 3 aromatic carbocycles. The van der Waals surface area contributed by atoms with E-state index in [4.69, 9.17) is 0 Å². The lowest BCUT2D eigenvalue weighted by molar-refractivity contribution is 0.501. The highest BCUT2D eigenvalue weighted by atomic mass is 32.2. The fourth-order valence-corrected chi connectivity index (χ4v) is 5.60. The number of hydrogen-bond donors (Lipinski definition) is 1. The van der Waals surface area contributed by atoms with Gasteiger partial charge in [0.1, 0.15) is 0 Å². The molecule has 3 aromatic rings. The first-order chi connectivity index (χ1) is 12.8. The predicted octanol–water partition coefficient (Wildman–Crippen LogP) is 4.58. The minimum absolute atomic E-state index is 0.0674. The molecule has 1 aliphatic heterocycles. The van der Waals surface area contributed by atoms with E-state index in [1.807, 2.05) is 0 Å². The van der Waals surface area contributed by atoms with Gasteiger partial charge < -0.3 is 10.2 Å². The average molecular weight is 362 g/mol. The third-order valence-corrected chi connectivity index (χ3v) is 7.09. The molecule has 0 saturated carbocycles. The van der Waals surface area contributed by atoms with Gasteiger partial charge in [-0.1, -0.05) is 36.4 Å². The lowest BCUT2D eigenvalue weighted by Crippen LogP contribution is -2.49. The van der Waals surface area contributed by atoms with E-state index >= 15 is 0 Å². The molecule has 3 heteroatoms. The maximum Gasteiger partial charge on any atom is 0.166 e. The molecule has 1 unspecified atom stereocenters. The number of nitrogens with zero attached hydrogens (tertiary/aromatic N) is 1. The normalized spacial score (nSPS) is 17.5. The summed E-state index contributed by atoms with van der Waals surface area (Å²) < 4.78 is 0. The van der Waals surface area contributed by atoms with Gasteiger partial charge >= 0.3 is 0 Å². The molecule has 1 heterocycles. The van der Waals surface area contributed by atoms with Gasteiger partial charge in [0.15, 0.2) is 14.7 Å². The van der Waals surface area contributed by atoms with Crippen molar-refractivity contribution in [1.82, 2.24) is 5.32 Å². The molecule has 132 valence electrons. The highest BCUT2D eigenvalue weighted by Crippen LogP contribution is 2.32. The number of benzene rings is 3. The van der Waals surface area contributed by atoms with Crippen LogP contribution in [0.5, 0.6) is 0 Å². The topological polar surface area (TPSA) is 15.3 Å². The third-order valence-electron chi connectivity index (χ3n) is 4.86. The summed E-state index contributed by atoms with van der Waals surface area (Å²) in [5.41, 5.74) is 1.33. The molecule has 0 aromatic heterocycles. The average Bonchev–Trinajstić information content (AvgIpc) is 2.71. The van der Waals surface area contributed by atoms with Crippen LogP contribution in [0.25, 0.3) is 0 Å². The van der Waals surface area contributed by atoms with Crippen LogP contribution in [0.4, 0.5) is 5.69 Å². The molecule has 0 spiro atoms. The quantitative estimate of drug-likeness (QED) is 0.684. The first-order valence-corrected chi connectivity index (χ1v) is 10.5. The number of hydrogen-bond acceptors (Lipinski definition) is 2. The van der Waals surface area contributed by atoms with Crippen molar-refractivity contribution in [3.63, 3.8) is 0 Å². The molecule has 4 rings (SSSR count). The Balaban J connectivity index is 1.68. The Bertz CT molecular complexity index is 778. The monoisotopic (exact) mass is 361 g/mol. The van der Waals surface area contributed by atoms with E-state index in [-0.39, 0.29) is 10.9 Å². The summed E-state index contributed by atoms with van der Waals surface area (Å²) in [7, 11) is -0.0674. The highest BCUT2D eigenvalue weighted by molar-refractivity contribution is 7.97. The maximum absolute atomic E-state index is 3.47. The Morgan fingerprint density at radius 1 is 0.769 bits per heavy atom. The predicted molar refractivity (Wildman–Crippen MR) is 111 cm³/mol. The van der Waals surface area contributed by atoms with Gasteiger partial charge in [-0.05, 0) is 55.5 Å². The maximum atomic E-state index is 3.47. The van der Waals surface area contributed by atoms with Crippen molar-refractivity contribution in [2.45, 2.75) is 27.7 Å². The van der Waals surface area contributed by atoms with Crippen LogP contribution in [0.2, 0.25) is 0 Å². The van der Waals surface area contributed by atoms with Crippen LogP contribution >= 0.6 is 0 Å². The molecule has 0 radical (unpaired) electrons. The molecule has 1 atom stereocenters. The highest BCUT2D eigenvalue weighted by Gasteiger charge is 2.28. The van der Waals surface area contributed by atoms with Gasteiger partial charge in [0.05, 0.1) is 10.9 Å². The molecule has 2 nitrogen and oxygen atoms in total. The van der Waals surface area contributed by atoms with Crippen molar-refractivity contribution in [3.8, 4) is 0 Å². The number of rotatable bonds is 4. The standard InChI is InChI=1S/C23H25N2S/c1-19-18-24-16-17-25(19)20-12-14-23(15-13-20)26(21-8-4-2-5-9-21)22-10-6-3-7-11-22/h2-15,19,24H,16-18H2,1H3/q+1. The van der Waals surface area contributed by atoms with Crippen LogP contribution in [0.15, 0.2) is 99.6 Å². The van der Waals surface area contributed by atoms with E-state index in [0.29, 0.717) is 6.04 Å². The minimum atomic E-state index is -0.0674. The summed E-state index contributed by atoms with van der Waals surface area (Å²) in [4.78, 5) is 6.60. The molecular formula is C23H25N2S+. The summed E-state index contributed by atoms with van der Waals surface area (Å²) in [5.74, 6) is 0. The lowest BCUT2D eigenvalue weighted by atomic mass is 10.2. The van der Waals surface area contributed by atoms with Crippen molar-refractivity contribution in [2.75, 3.05) is 24.5 Å². The molecule has 1 saturated heterocycles. The Morgan fingerprint density at radius 2 is 1.31 bits per heavy atom. The largest absolute Gasteiger partial charge is 0.366 e. The second kappa shape index (κ2) is 7.98. The molecule has 1 N–H and O–H groups in total. The molecule has 0 bridgehead atoms. The van der Waals surface area contributed by atoms with Crippen LogP contribution in [-0.4, -0.2) is 25.7 Å². The van der Waals surface area contributed by atoms with Gasteiger partial charge in [-0.25, -0.2) is 0 Å². The molecule has 0 aliphatic carbocycles. The summed E-state index contributed by atoms with van der Waals surface area (Å²) in [5, 5.41) is 3.47. The summed E-state index contributed by atoms with van der Waals surface area (Å²) in [6.07, 6.45) is 0. The van der Waals surface area contributed by atoms with Crippen molar-refractivity contribution in [3.05, 3.63) is 84.9 Å². The second-order valence-electron chi connectivity index (χ2n) is 6.67. The van der Waals surface area contributed by atoms with Crippen LogP contribution < -0.4 is 10.2 Å². The molecule has 26 heavy (non-hydrogen) atoms. The minimum Gasteiger partial charge on any atom is -0.366 e. The Labute approximate surface area is 159 Å².